The van der Waals surface area contributed by atoms with E-state index in [1.54, 1.807) is 18.2 Å². The highest BCUT2D eigenvalue weighted by Crippen LogP contribution is 2.17. The molecule has 1 atom stereocenters. The van der Waals surface area contributed by atoms with Crippen LogP contribution in [0.4, 0.5) is 5.69 Å². The lowest BCUT2D eigenvalue weighted by Gasteiger charge is -2.22. The van der Waals surface area contributed by atoms with Crippen LogP contribution in [0.5, 0.6) is 0 Å². The molecule has 0 saturated carbocycles. The van der Waals surface area contributed by atoms with Crippen LogP contribution in [-0.4, -0.2) is 19.0 Å². The molecule has 1 aromatic rings. The van der Waals surface area contributed by atoms with E-state index in [0.29, 0.717) is 11.3 Å². The molecule has 17 heavy (non-hydrogen) atoms. The molecule has 2 rings (SSSR count). The number of rotatable bonds is 2. The Balaban J connectivity index is 2.05. The van der Waals surface area contributed by atoms with Crippen molar-refractivity contribution in [3.63, 3.8) is 0 Å². The van der Waals surface area contributed by atoms with Gasteiger partial charge in [-0.3, -0.25) is 4.79 Å². The average Bonchev–Trinajstić information content (AvgIpc) is 2.40. The van der Waals surface area contributed by atoms with Gasteiger partial charge in [0.15, 0.2) is 0 Å². The zero-order valence-corrected chi connectivity index (χ0v) is 9.57. The van der Waals surface area contributed by atoms with Gasteiger partial charge in [-0.2, -0.15) is 5.26 Å². The smallest absolute Gasteiger partial charge is 0.228 e. The summed E-state index contributed by atoms with van der Waals surface area (Å²) in [6, 6.07) is 9.14. The molecular formula is C13H15N3O. The number of para-hydroxylation sites is 1. The fourth-order valence-electron chi connectivity index (χ4n) is 2.00. The van der Waals surface area contributed by atoms with Crippen LogP contribution in [-0.2, 0) is 4.79 Å². The molecule has 0 bridgehead atoms. The summed E-state index contributed by atoms with van der Waals surface area (Å²) < 4.78 is 0. The van der Waals surface area contributed by atoms with Gasteiger partial charge in [-0.1, -0.05) is 12.1 Å². The maximum atomic E-state index is 12.0. The summed E-state index contributed by atoms with van der Waals surface area (Å²) >= 11 is 0. The fraction of sp³-hybridized carbons (Fsp3) is 0.385. The summed E-state index contributed by atoms with van der Waals surface area (Å²) in [6.45, 7) is 1.71. The van der Waals surface area contributed by atoms with Gasteiger partial charge in [-0.15, -0.1) is 0 Å². The topological polar surface area (TPSA) is 64.9 Å². The number of amides is 1. The van der Waals surface area contributed by atoms with Crippen LogP contribution in [0.1, 0.15) is 18.4 Å². The quantitative estimate of drug-likeness (QED) is 0.807. The van der Waals surface area contributed by atoms with Crippen molar-refractivity contribution < 1.29 is 4.79 Å². The van der Waals surface area contributed by atoms with Crippen LogP contribution in [0.3, 0.4) is 0 Å². The van der Waals surface area contributed by atoms with Crippen molar-refractivity contribution in [2.45, 2.75) is 12.8 Å². The standard InChI is InChI=1S/C13H15N3O/c14-8-10-4-1-2-6-12(10)16-13(17)11-5-3-7-15-9-11/h1-2,4,6,11,15H,3,5,7,9H2,(H,16,17)/t11-/m0/s1. The molecule has 4 heteroatoms. The van der Waals surface area contributed by atoms with E-state index < -0.39 is 0 Å². The number of benzene rings is 1. The molecule has 1 amide bonds. The highest BCUT2D eigenvalue weighted by Gasteiger charge is 2.21. The highest BCUT2D eigenvalue weighted by atomic mass is 16.1. The van der Waals surface area contributed by atoms with E-state index in [0.717, 1.165) is 25.9 Å². The van der Waals surface area contributed by atoms with E-state index in [-0.39, 0.29) is 11.8 Å². The molecule has 1 aromatic carbocycles. The third-order valence-corrected chi connectivity index (χ3v) is 2.97. The Morgan fingerprint density at radius 3 is 3.00 bits per heavy atom. The molecule has 88 valence electrons. The van der Waals surface area contributed by atoms with Gasteiger partial charge in [-0.25, -0.2) is 0 Å². The monoisotopic (exact) mass is 229 g/mol. The first-order chi connectivity index (χ1) is 8.31. The van der Waals surface area contributed by atoms with Crippen LogP contribution in [0.15, 0.2) is 24.3 Å². The van der Waals surface area contributed by atoms with Crippen molar-refractivity contribution in [1.82, 2.24) is 5.32 Å². The van der Waals surface area contributed by atoms with E-state index in [4.69, 9.17) is 5.26 Å². The minimum Gasteiger partial charge on any atom is -0.325 e. The second-order valence-electron chi connectivity index (χ2n) is 4.19. The van der Waals surface area contributed by atoms with Crippen molar-refractivity contribution in [2.24, 2.45) is 5.92 Å². The maximum Gasteiger partial charge on any atom is 0.228 e. The Hall–Kier alpha value is -1.86. The number of piperidine rings is 1. The van der Waals surface area contributed by atoms with Crippen LogP contribution < -0.4 is 10.6 Å². The lowest BCUT2D eigenvalue weighted by atomic mass is 9.98. The number of hydrogen-bond donors (Lipinski definition) is 2. The Bertz CT molecular complexity index is 444. The fourth-order valence-corrected chi connectivity index (χ4v) is 2.00. The summed E-state index contributed by atoms with van der Waals surface area (Å²) in [5.41, 5.74) is 1.11. The predicted octanol–water partition coefficient (Wildman–Crippen LogP) is 1.50. The second-order valence-corrected chi connectivity index (χ2v) is 4.19. The number of anilines is 1. The molecule has 1 heterocycles. The number of hydrogen-bond acceptors (Lipinski definition) is 3. The van der Waals surface area contributed by atoms with Crippen LogP contribution in [0, 0.1) is 17.2 Å². The Morgan fingerprint density at radius 1 is 1.47 bits per heavy atom. The van der Waals surface area contributed by atoms with Gasteiger partial charge in [0.1, 0.15) is 6.07 Å². The molecule has 0 aliphatic carbocycles. The molecule has 0 aromatic heterocycles. The largest absolute Gasteiger partial charge is 0.325 e. The molecule has 0 unspecified atom stereocenters. The van der Waals surface area contributed by atoms with Crippen molar-refractivity contribution in [3.8, 4) is 6.07 Å². The minimum atomic E-state index is -0.0000926. The lowest BCUT2D eigenvalue weighted by molar-refractivity contribution is -0.120. The lowest BCUT2D eigenvalue weighted by Crippen LogP contribution is -2.37. The van der Waals surface area contributed by atoms with Crippen LogP contribution in [0.25, 0.3) is 0 Å². The van der Waals surface area contributed by atoms with E-state index in [9.17, 15) is 4.79 Å². The molecular weight excluding hydrogens is 214 g/mol. The van der Waals surface area contributed by atoms with E-state index in [1.807, 2.05) is 6.07 Å². The summed E-state index contributed by atoms with van der Waals surface area (Å²) in [7, 11) is 0. The predicted molar refractivity (Wildman–Crippen MR) is 65.4 cm³/mol. The molecule has 1 fully saturated rings. The number of carbonyl (C=O) groups is 1. The minimum absolute atomic E-state index is 0.0000926. The first kappa shape index (κ1) is 11.6. The van der Waals surface area contributed by atoms with E-state index in [2.05, 4.69) is 16.7 Å². The Morgan fingerprint density at radius 2 is 2.29 bits per heavy atom. The summed E-state index contributed by atoms with van der Waals surface area (Å²) in [5.74, 6) is 0.00963. The van der Waals surface area contributed by atoms with Crippen LogP contribution >= 0.6 is 0 Å². The first-order valence-electron chi connectivity index (χ1n) is 5.82. The number of nitrogens with zero attached hydrogens (tertiary/aromatic N) is 1. The number of carbonyl (C=O) groups excluding carboxylic acids is 1. The number of nitriles is 1. The third kappa shape index (κ3) is 2.83. The third-order valence-electron chi connectivity index (χ3n) is 2.97. The van der Waals surface area contributed by atoms with Gasteiger partial charge in [0.2, 0.25) is 5.91 Å². The average molecular weight is 229 g/mol. The van der Waals surface area contributed by atoms with E-state index >= 15 is 0 Å². The zero-order valence-electron chi connectivity index (χ0n) is 9.57. The summed E-state index contributed by atoms with van der Waals surface area (Å²) in [5, 5.41) is 15.0. The molecule has 4 nitrogen and oxygen atoms in total. The molecule has 1 saturated heterocycles. The highest BCUT2D eigenvalue weighted by molar-refractivity contribution is 5.94. The Labute approximate surface area is 101 Å². The molecule has 1 aliphatic rings. The molecule has 2 N–H and O–H groups in total. The zero-order chi connectivity index (χ0) is 12.1. The van der Waals surface area contributed by atoms with Gasteiger partial charge in [0, 0.05) is 6.54 Å². The summed E-state index contributed by atoms with van der Waals surface area (Å²) in [6.07, 6.45) is 1.94. The van der Waals surface area contributed by atoms with Gasteiger partial charge >= 0.3 is 0 Å². The van der Waals surface area contributed by atoms with E-state index in [1.165, 1.54) is 0 Å². The van der Waals surface area contributed by atoms with Crippen molar-refractivity contribution >= 4 is 11.6 Å². The van der Waals surface area contributed by atoms with Crippen LogP contribution in [0.2, 0.25) is 0 Å². The van der Waals surface area contributed by atoms with Gasteiger partial charge in [-0.05, 0) is 31.5 Å². The molecule has 1 aliphatic heterocycles. The maximum absolute atomic E-state index is 12.0. The second kappa shape index (κ2) is 5.46. The van der Waals surface area contributed by atoms with Gasteiger partial charge in [0.25, 0.3) is 0 Å². The molecule has 0 spiro atoms. The normalized spacial score (nSPS) is 19.4. The summed E-state index contributed by atoms with van der Waals surface area (Å²) in [4.78, 5) is 12.0. The van der Waals surface area contributed by atoms with Crippen molar-refractivity contribution in [1.29, 1.82) is 5.26 Å². The SMILES string of the molecule is N#Cc1ccccc1NC(=O)[C@H]1CCCNC1. The van der Waals surface area contributed by atoms with Gasteiger partial charge < -0.3 is 10.6 Å². The number of nitrogens with one attached hydrogen (secondary N) is 2. The van der Waals surface area contributed by atoms with Crippen molar-refractivity contribution in [2.75, 3.05) is 18.4 Å². The Kier molecular flexibility index (Phi) is 3.73. The van der Waals surface area contributed by atoms with Gasteiger partial charge in [0.05, 0.1) is 17.2 Å². The van der Waals surface area contributed by atoms with Crippen molar-refractivity contribution in [3.05, 3.63) is 29.8 Å². The molecule has 0 radical (unpaired) electrons. The first-order valence-corrected chi connectivity index (χ1v) is 5.82.